The van der Waals surface area contributed by atoms with Crippen LogP contribution in [0.5, 0.6) is 5.75 Å². The second-order valence-electron chi connectivity index (χ2n) is 5.74. The maximum atomic E-state index is 13.0. The van der Waals surface area contributed by atoms with E-state index in [9.17, 15) is 4.79 Å². The van der Waals surface area contributed by atoms with Gasteiger partial charge in [0.15, 0.2) is 0 Å². The molecule has 1 amide bonds. The van der Waals surface area contributed by atoms with Crippen molar-refractivity contribution in [2.45, 2.75) is 13.0 Å². The van der Waals surface area contributed by atoms with Gasteiger partial charge in [-0.15, -0.1) is 10.2 Å². The lowest BCUT2D eigenvalue weighted by Crippen LogP contribution is -2.45. The summed E-state index contributed by atoms with van der Waals surface area (Å²) in [7, 11) is 0. The van der Waals surface area contributed by atoms with Crippen molar-refractivity contribution in [3.8, 4) is 5.75 Å². The largest absolute Gasteiger partial charge is 0.488 e. The van der Waals surface area contributed by atoms with Crippen LogP contribution in [0.1, 0.15) is 23.4 Å². The molecule has 1 saturated heterocycles. The number of fused-ring (bicyclic) bond motifs is 1. The normalized spacial score (nSPS) is 20.1. The molecule has 0 bridgehead atoms. The van der Waals surface area contributed by atoms with E-state index in [4.69, 9.17) is 13.9 Å². The van der Waals surface area contributed by atoms with Crippen LogP contribution in [0.15, 0.2) is 34.3 Å². The summed E-state index contributed by atoms with van der Waals surface area (Å²) in [6, 6.07) is 7.29. The van der Waals surface area contributed by atoms with E-state index in [-0.39, 0.29) is 18.6 Å². The Morgan fingerprint density at radius 2 is 2.17 bits per heavy atom. The topological polar surface area (TPSA) is 77.7 Å². The van der Waals surface area contributed by atoms with Gasteiger partial charge in [0.2, 0.25) is 11.8 Å². The number of benzene rings is 1. The maximum absolute atomic E-state index is 13.0. The van der Waals surface area contributed by atoms with E-state index in [1.54, 1.807) is 11.8 Å². The third-order valence-corrected chi connectivity index (χ3v) is 4.12. The van der Waals surface area contributed by atoms with Crippen LogP contribution in [0.4, 0.5) is 0 Å². The Labute approximate surface area is 138 Å². The summed E-state index contributed by atoms with van der Waals surface area (Å²) in [5.74, 6) is 1.57. The summed E-state index contributed by atoms with van der Waals surface area (Å²) in [4.78, 5) is 14.7. The van der Waals surface area contributed by atoms with Crippen molar-refractivity contribution in [1.82, 2.24) is 15.1 Å². The van der Waals surface area contributed by atoms with Crippen molar-refractivity contribution in [3.05, 3.63) is 47.2 Å². The quantitative estimate of drug-likeness (QED) is 0.836. The summed E-state index contributed by atoms with van der Waals surface area (Å²) in [5.41, 5.74) is 1.52. The molecule has 1 fully saturated rings. The zero-order valence-corrected chi connectivity index (χ0v) is 13.3. The summed E-state index contributed by atoms with van der Waals surface area (Å²) in [6.45, 7) is 3.28. The number of aromatic nitrogens is 2. The average Bonchev–Trinajstić information content (AvgIpc) is 3.07. The Kier molecular flexibility index (Phi) is 3.78. The molecule has 0 unspecified atom stereocenters. The third-order valence-electron chi connectivity index (χ3n) is 4.12. The molecule has 124 valence electrons. The number of carbonyl (C=O) groups is 1. The van der Waals surface area contributed by atoms with Crippen molar-refractivity contribution in [2.24, 2.45) is 0 Å². The van der Waals surface area contributed by atoms with Gasteiger partial charge < -0.3 is 18.8 Å². The lowest BCUT2D eigenvalue weighted by atomic mass is 10.1. The first kappa shape index (κ1) is 14.9. The molecule has 2 aliphatic heterocycles. The van der Waals surface area contributed by atoms with Crippen LogP contribution in [-0.2, 0) is 9.53 Å². The van der Waals surface area contributed by atoms with Gasteiger partial charge in [0.05, 0.1) is 18.8 Å². The molecule has 0 N–H and O–H groups in total. The Morgan fingerprint density at radius 3 is 3.00 bits per heavy atom. The van der Waals surface area contributed by atoms with E-state index in [0.29, 0.717) is 37.1 Å². The molecule has 7 nitrogen and oxygen atoms in total. The van der Waals surface area contributed by atoms with Crippen LogP contribution >= 0.6 is 0 Å². The highest BCUT2D eigenvalue weighted by molar-refractivity contribution is 5.99. The Bertz CT molecular complexity index is 799. The number of aryl methyl sites for hydroxylation is 1. The molecule has 0 aliphatic carbocycles. The molecule has 0 spiro atoms. The number of hydrogen-bond acceptors (Lipinski definition) is 6. The lowest BCUT2D eigenvalue weighted by molar-refractivity contribution is -0.137. The molecule has 1 aromatic carbocycles. The molecular formula is C17H17N3O4. The van der Waals surface area contributed by atoms with Crippen LogP contribution in [0.25, 0.3) is 6.08 Å². The summed E-state index contributed by atoms with van der Waals surface area (Å²) in [5, 5.41) is 7.89. The minimum atomic E-state index is -0.370. The van der Waals surface area contributed by atoms with E-state index < -0.39 is 0 Å². The van der Waals surface area contributed by atoms with Crippen molar-refractivity contribution in [1.29, 1.82) is 0 Å². The average molecular weight is 327 g/mol. The zero-order chi connectivity index (χ0) is 16.5. The SMILES string of the molecule is Cc1nnc([C@H]2COCCN2C(=O)C2=Cc3ccccc3OC2)o1. The number of para-hydroxylation sites is 1. The maximum Gasteiger partial charge on any atom is 0.254 e. The van der Waals surface area contributed by atoms with Gasteiger partial charge in [-0.1, -0.05) is 18.2 Å². The Hall–Kier alpha value is -2.67. The Morgan fingerprint density at radius 1 is 1.29 bits per heavy atom. The standard InChI is InChI=1S/C17H17N3O4/c1-11-18-19-16(24-11)14-10-22-7-6-20(14)17(21)13-8-12-4-2-3-5-15(12)23-9-13/h2-5,8,14H,6-7,9-10H2,1H3/t14-/m1/s1. The smallest absolute Gasteiger partial charge is 0.254 e. The van der Waals surface area contributed by atoms with Crippen molar-refractivity contribution in [2.75, 3.05) is 26.4 Å². The van der Waals surface area contributed by atoms with Gasteiger partial charge in [-0.05, 0) is 12.1 Å². The predicted octanol–water partition coefficient (Wildman–Crippen LogP) is 1.75. The second-order valence-corrected chi connectivity index (χ2v) is 5.74. The highest BCUT2D eigenvalue weighted by Gasteiger charge is 2.34. The van der Waals surface area contributed by atoms with E-state index in [1.165, 1.54) is 0 Å². The molecule has 3 heterocycles. The van der Waals surface area contributed by atoms with Crippen LogP contribution in [0.2, 0.25) is 0 Å². The second kappa shape index (κ2) is 6.09. The number of hydrogen-bond donors (Lipinski definition) is 0. The van der Waals surface area contributed by atoms with E-state index in [0.717, 1.165) is 11.3 Å². The zero-order valence-electron chi connectivity index (χ0n) is 13.3. The fourth-order valence-corrected chi connectivity index (χ4v) is 2.92. The molecular weight excluding hydrogens is 310 g/mol. The fourth-order valence-electron chi connectivity index (χ4n) is 2.92. The highest BCUT2D eigenvalue weighted by Crippen LogP contribution is 2.29. The molecule has 24 heavy (non-hydrogen) atoms. The number of carbonyl (C=O) groups excluding carboxylic acids is 1. The lowest BCUT2D eigenvalue weighted by Gasteiger charge is -2.34. The number of ether oxygens (including phenoxy) is 2. The molecule has 2 aliphatic rings. The van der Waals surface area contributed by atoms with E-state index in [1.807, 2.05) is 30.3 Å². The molecule has 0 saturated carbocycles. The Balaban J connectivity index is 1.62. The van der Waals surface area contributed by atoms with Crippen LogP contribution in [0.3, 0.4) is 0 Å². The van der Waals surface area contributed by atoms with Gasteiger partial charge in [-0.2, -0.15) is 0 Å². The molecule has 4 rings (SSSR count). The fraction of sp³-hybridized carbons (Fsp3) is 0.353. The van der Waals surface area contributed by atoms with Gasteiger partial charge in [-0.3, -0.25) is 4.79 Å². The third kappa shape index (κ3) is 2.67. The molecule has 2 aromatic rings. The first-order chi connectivity index (χ1) is 11.7. The summed E-state index contributed by atoms with van der Waals surface area (Å²) >= 11 is 0. The molecule has 0 radical (unpaired) electrons. The molecule has 1 aromatic heterocycles. The number of nitrogens with zero attached hydrogens (tertiary/aromatic N) is 3. The van der Waals surface area contributed by atoms with E-state index in [2.05, 4.69) is 10.2 Å². The van der Waals surface area contributed by atoms with Gasteiger partial charge in [0.25, 0.3) is 5.91 Å². The van der Waals surface area contributed by atoms with Crippen molar-refractivity contribution >= 4 is 12.0 Å². The molecule has 1 atom stereocenters. The van der Waals surface area contributed by atoms with Gasteiger partial charge in [0, 0.05) is 19.0 Å². The van der Waals surface area contributed by atoms with Crippen LogP contribution < -0.4 is 4.74 Å². The van der Waals surface area contributed by atoms with Gasteiger partial charge in [0.1, 0.15) is 18.4 Å². The van der Waals surface area contributed by atoms with Crippen molar-refractivity contribution < 1.29 is 18.7 Å². The predicted molar refractivity (Wildman–Crippen MR) is 84.2 cm³/mol. The minimum Gasteiger partial charge on any atom is -0.488 e. The van der Waals surface area contributed by atoms with E-state index >= 15 is 0 Å². The van der Waals surface area contributed by atoms with Crippen molar-refractivity contribution in [3.63, 3.8) is 0 Å². The summed E-state index contributed by atoms with van der Waals surface area (Å²) in [6.07, 6.45) is 1.88. The number of morpholine rings is 1. The minimum absolute atomic E-state index is 0.0892. The number of amides is 1. The monoisotopic (exact) mass is 327 g/mol. The van der Waals surface area contributed by atoms with Gasteiger partial charge in [-0.25, -0.2) is 0 Å². The van der Waals surface area contributed by atoms with Crippen LogP contribution in [-0.4, -0.2) is 47.4 Å². The first-order valence-corrected chi connectivity index (χ1v) is 7.83. The first-order valence-electron chi connectivity index (χ1n) is 7.83. The highest BCUT2D eigenvalue weighted by atomic mass is 16.5. The number of rotatable bonds is 2. The molecule has 7 heteroatoms. The van der Waals surface area contributed by atoms with Crippen LogP contribution in [0, 0.1) is 6.92 Å². The van der Waals surface area contributed by atoms with Gasteiger partial charge >= 0.3 is 0 Å². The summed E-state index contributed by atoms with van der Waals surface area (Å²) < 4.78 is 16.7.